The number of halogens is 2. The van der Waals surface area contributed by atoms with Gasteiger partial charge in [-0.15, -0.1) is 0 Å². The summed E-state index contributed by atoms with van der Waals surface area (Å²) in [6, 6.07) is 5.01. The van der Waals surface area contributed by atoms with Crippen molar-refractivity contribution < 1.29 is 9.13 Å². The predicted molar refractivity (Wildman–Crippen MR) is 71.3 cm³/mol. The maximum absolute atomic E-state index is 13.7. The van der Waals surface area contributed by atoms with Gasteiger partial charge in [-0.3, -0.25) is 0 Å². The molecule has 100 valence electrons. The summed E-state index contributed by atoms with van der Waals surface area (Å²) in [7, 11) is 0. The minimum atomic E-state index is -0.341. The molecule has 2 atom stereocenters. The monoisotopic (exact) mass is 271 g/mol. The Bertz CT molecular complexity index is 393. The van der Waals surface area contributed by atoms with Crippen molar-refractivity contribution in [3.8, 4) is 0 Å². The second-order valence-electron chi connectivity index (χ2n) is 4.89. The van der Waals surface area contributed by atoms with Gasteiger partial charge in [0.1, 0.15) is 5.82 Å². The molecule has 1 saturated heterocycles. The van der Waals surface area contributed by atoms with E-state index in [4.69, 9.17) is 22.1 Å². The number of ether oxygens (including phenoxy) is 1. The van der Waals surface area contributed by atoms with Gasteiger partial charge in [-0.25, -0.2) is 4.39 Å². The molecule has 0 radical (unpaired) electrons. The molecule has 4 heteroatoms. The summed E-state index contributed by atoms with van der Waals surface area (Å²) < 4.78 is 19.2. The maximum atomic E-state index is 13.7. The lowest BCUT2D eigenvalue weighted by Gasteiger charge is -2.15. The highest BCUT2D eigenvalue weighted by molar-refractivity contribution is 6.30. The van der Waals surface area contributed by atoms with Gasteiger partial charge in [0.2, 0.25) is 0 Å². The van der Waals surface area contributed by atoms with Crippen LogP contribution in [-0.4, -0.2) is 18.8 Å². The van der Waals surface area contributed by atoms with Crippen LogP contribution in [-0.2, 0) is 11.2 Å². The molecule has 2 nitrogen and oxygen atoms in total. The fourth-order valence-electron chi connectivity index (χ4n) is 2.36. The average molecular weight is 272 g/mol. The first-order valence-electron chi connectivity index (χ1n) is 6.47. The van der Waals surface area contributed by atoms with Gasteiger partial charge in [0, 0.05) is 12.6 Å². The van der Waals surface area contributed by atoms with Crippen LogP contribution in [0.2, 0.25) is 5.02 Å². The molecule has 2 rings (SSSR count). The lowest BCUT2D eigenvalue weighted by molar-refractivity contribution is 0.101. The summed E-state index contributed by atoms with van der Waals surface area (Å²) in [5, 5.41) is 0.166. The molecule has 0 bridgehead atoms. The Morgan fingerprint density at radius 1 is 1.50 bits per heavy atom. The van der Waals surface area contributed by atoms with Crippen molar-refractivity contribution in [2.45, 2.75) is 44.2 Å². The van der Waals surface area contributed by atoms with Crippen molar-refractivity contribution in [2.75, 3.05) is 6.61 Å². The van der Waals surface area contributed by atoms with Crippen molar-refractivity contribution in [3.63, 3.8) is 0 Å². The van der Waals surface area contributed by atoms with Gasteiger partial charge in [-0.2, -0.15) is 0 Å². The Morgan fingerprint density at radius 2 is 2.33 bits per heavy atom. The Kier molecular flexibility index (Phi) is 4.98. The molecular weight excluding hydrogens is 253 g/mol. The molecule has 0 amide bonds. The molecule has 2 N–H and O–H groups in total. The van der Waals surface area contributed by atoms with Crippen LogP contribution in [0.15, 0.2) is 18.2 Å². The summed E-state index contributed by atoms with van der Waals surface area (Å²) in [4.78, 5) is 0. The first-order valence-corrected chi connectivity index (χ1v) is 6.84. The van der Waals surface area contributed by atoms with Crippen molar-refractivity contribution in [1.82, 2.24) is 0 Å². The Morgan fingerprint density at radius 3 is 3.06 bits per heavy atom. The number of nitrogens with two attached hydrogens (primary N) is 1. The van der Waals surface area contributed by atoms with Crippen LogP contribution in [0.4, 0.5) is 4.39 Å². The van der Waals surface area contributed by atoms with Gasteiger partial charge in [-0.1, -0.05) is 23.7 Å². The van der Waals surface area contributed by atoms with Crippen LogP contribution in [0.1, 0.15) is 31.2 Å². The molecule has 2 unspecified atom stereocenters. The number of rotatable bonds is 5. The quantitative estimate of drug-likeness (QED) is 0.892. The van der Waals surface area contributed by atoms with E-state index < -0.39 is 0 Å². The van der Waals surface area contributed by atoms with E-state index in [1.54, 1.807) is 18.2 Å². The lowest BCUT2D eigenvalue weighted by atomic mass is 10.00. The molecule has 0 aromatic heterocycles. The van der Waals surface area contributed by atoms with E-state index in [1.165, 1.54) is 0 Å². The third kappa shape index (κ3) is 3.67. The number of benzene rings is 1. The first-order chi connectivity index (χ1) is 8.66. The molecular formula is C14H19ClFNO. The van der Waals surface area contributed by atoms with Crippen LogP contribution < -0.4 is 5.73 Å². The van der Waals surface area contributed by atoms with Crippen molar-refractivity contribution in [2.24, 2.45) is 5.73 Å². The Hall–Kier alpha value is -0.640. The van der Waals surface area contributed by atoms with Gasteiger partial charge < -0.3 is 10.5 Å². The third-order valence-electron chi connectivity index (χ3n) is 3.40. The van der Waals surface area contributed by atoms with E-state index >= 15 is 0 Å². The number of hydrogen-bond donors (Lipinski definition) is 1. The van der Waals surface area contributed by atoms with E-state index in [1.807, 2.05) is 0 Å². The van der Waals surface area contributed by atoms with Crippen molar-refractivity contribution >= 4 is 11.6 Å². The Balaban J connectivity index is 1.82. The summed E-state index contributed by atoms with van der Waals surface area (Å²) in [5.74, 6) is -0.341. The minimum Gasteiger partial charge on any atom is -0.378 e. The largest absolute Gasteiger partial charge is 0.378 e. The summed E-state index contributed by atoms with van der Waals surface area (Å²) in [6.07, 6.45) is 4.96. The zero-order valence-corrected chi connectivity index (χ0v) is 11.1. The van der Waals surface area contributed by atoms with Crippen LogP contribution in [0, 0.1) is 5.82 Å². The van der Waals surface area contributed by atoms with E-state index in [2.05, 4.69) is 0 Å². The molecule has 1 heterocycles. The predicted octanol–water partition coefficient (Wildman–Crippen LogP) is 3.31. The van der Waals surface area contributed by atoms with E-state index in [-0.39, 0.29) is 16.9 Å². The first kappa shape index (κ1) is 13.8. The maximum Gasteiger partial charge on any atom is 0.145 e. The molecule has 1 aliphatic rings. The SMILES string of the molecule is NC(CCC1CCCO1)Cc1cccc(Cl)c1F. The Labute approximate surface area is 112 Å². The van der Waals surface area contributed by atoms with Gasteiger partial charge in [0.15, 0.2) is 0 Å². The van der Waals surface area contributed by atoms with E-state index in [0.29, 0.717) is 18.1 Å². The molecule has 0 saturated carbocycles. The lowest BCUT2D eigenvalue weighted by Crippen LogP contribution is -2.25. The fraction of sp³-hybridized carbons (Fsp3) is 0.571. The average Bonchev–Trinajstić information content (AvgIpc) is 2.86. The summed E-state index contributed by atoms with van der Waals surface area (Å²) in [5.41, 5.74) is 6.64. The van der Waals surface area contributed by atoms with Crippen molar-refractivity contribution in [3.05, 3.63) is 34.6 Å². The minimum absolute atomic E-state index is 0.0397. The van der Waals surface area contributed by atoms with Crippen LogP contribution in [0.3, 0.4) is 0 Å². The molecule has 18 heavy (non-hydrogen) atoms. The zero-order valence-electron chi connectivity index (χ0n) is 10.4. The van der Waals surface area contributed by atoms with Gasteiger partial charge >= 0.3 is 0 Å². The molecule has 0 spiro atoms. The molecule has 1 aromatic rings. The highest BCUT2D eigenvalue weighted by Crippen LogP contribution is 2.21. The standard InChI is InChI=1S/C14H19ClFNO/c15-13-5-1-3-10(14(13)16)9-11(17)6-7-12-4-2-8-18-12/h1,3,5,11-12H,2,4,6-9,17H2. The van der Waals surface area contributed by atoms with E-state index in [9.17, 15) is 4.39 Å². The van der Waals surface area contributed by atoms with Crippen molar-refractivity contribution in [1.29, 1.82) is 0 Å². The van der Waals surface area contributed by atoms with Crippen LogP contribution in [0.5, 0.6) is 0 Å². The zero-order chi connectivity index (χ0) is 13.0. The molecule has 1 aromatic carbocycles. The molecule has 1 fully saturated rings. The van der Waals surface area contributed by atoms with Crippen LogP contribution >= 0.6 is 11.6 Å². The summed E-state index contributed by atoms with van der Waals surface area (Å²) >= 11 is 5.74. The fourth-order valence-corrected chi connectivity index (χ4v) is 2.56. The summed E-state index contributed by atoms with van der Waals surface area (Å²) in [6.45, 7) is 0.864. The highest BCUT2D eigenvalue weighted by Gasteiger charge is 2.17. The van der Waals surface area contributed by atoms with Gasteiger partial charge in [0.25, 0.3) is 0 Å². The molecule has 1 aliphatic heterocycles. The number of hydrogen-bond acceptors (Lipinski definition) is 2. The van der Waals surface area contributed by atoms with E-state index in [0.717, 1.165) is 32.3 Å². The smallest absolute Gasteiger partial charge is 0.145 e. The second-order valence-corrected chi connectivity index (χ2v) is 5.30. The van der Waals surface area contributed by atoms with Crippen LogP contribution in [0.25, 0.3) is 0 Å². The normalized spacial score (nSPS) is 21.2. The second kappa shape index (κ2) is 6.50. The topological polar surface area (TPSA) is 35.2 Å². The van der Waals surface area contributed by atoms with Gasteiger partial charge in [-0.05, 0) is 43.7 Å². The highest BCUT2D eigenvalue weighted by atomic mass is 35.5. The third-order valence-corrected chi connectivity index (χ3v) is 3.69. The van der Waals surface area contributed by atoms with Gasteiger partial charge in [0.05, 0.1) is 11.1 Å². The molecule has 0 aliphatic carbocycles.